The number of nitrogens with zero attached hydrogens (tertiary/aromatic N) is 2. The van der Waals surface area contributed by atoms with E-state index < -0.39 is 6.04 Å². The molecule has 5 atom stereocenters. The van der Waals surface area contributed by atoms with Crippen molar-refractivity contribution in [2.75, 3.05) is 13.1 Å². The van der Waals surface area contributed by atoms with Gasteiger partial charge in [0.2, 0.25) is 11.8 Å². The molecule has 0 spiro atoms. The van der Waals surface area contributed by atoms with E-state index in [9.17, 15) is 9.59 Å². The number of carbonyl (C=O) groups is 2. The van der Waals surface area contributed by atoms with Crippen LogP contribution in [0.4, 0.5) is 0 Å². The number of hydrazine groups is 1. The minimum atomic E-state index is -0.660. The number of carbonyl (C=O) groups excluding carboxylic acids is 2. The second-order valence-electron chi connectivity index (χ2n) is 7.12. The molecule has 3 aliphatic heterocycles. The van der Waals surface area contributed by atoms with Crippen molar-refractivity contribution < 1.29 is 9.59 Å². The zero-order valence-electron chi connectivity index (χ0n) is 14.0. The highest BCUT2D eigenvalue weighted by molar-refractivity contribution is 5.84. The van der Waals surface area contributed by atoms with Crippen molar-refractivity contribution in [3.63, 3.8) is 0 Å². The van der Waals surface area contributed by atoms with E-state index in [2.05, 4.69) is 10.7 Å². The summed E-state index contributed by atoms with van der Waals surface area (Å²) >= 11 is 0. The normalized spacial score (nSPS) is 33.1. The summed E-state index contributed by atoms with van der Waals surface area (Å²) in [6.45, 7) is 0.831. The van der Waals surface area contributed by atoms with E-state index >= 15 is 0 Å². The molecule has 1 saturated carbocycles. The fourth-order valence-electron chi connectivity index (χ4n) is 4.18. The number of hydrogen-bond donors (Lipinski definition) is 4. The Labute approximate surface area is 146 Å². The highest BCUT2D eigenvalue weighted by atomic mass is 16.2. The predicted molar refractivity (Wildman–Crippen MR) is 92.0 cm³/mol. The Hall–Kier alpha value is -2.32. The van der Waals surface area contributed by atoms with Gasteiger partial charge in [-0.25, -0.2) is 0 Å². The number of allylic oxidation sites excluding steroid dienone is 1. The van der Waals surface area contributed by atoms with Gasteiger partial charge in [0.05, 0.1) is 17.7 Å². The number of rotatable bonds is 4. The summed E-state index contributed by atoms with van der Waals surface area (Å²) in [6, 6.07) is -0.372. The zero-order chi connectivity index (χ0) is 17.6. The van der Waals surface area contributed by atoms with Crippen molar-refractivity contribution in [1.29, 1.82) is 0 Å². The molecule has 1 saturated heterocycles. The first kappa shape index (κ1) is 16.2. The highest BCUT2D eigenvalue weighted by Crippen LogP contribution is 2.39. The van der Waals surface area contributed by atoms with Crippen LogP contribution in [0.25, 0.3) is 0 Å². The molecule has 2 amide bonds. The van der Waals surface area contributed by atoms with Gasteiger partial charge < -0.3 is 27.1 Å². The van der Waals surface area contributed by atoms with E-state index in [4.69, 9.17) is 11.5 Å². The molecule has 4 rings (SSSR count). The largest absolute Gasteiger partial charge is 0.352 e. The second kappa shape index (κ2) is 6.20. The van der Waals surface area contributed by atoms with Crippen LogP contribution in [-0.4, -0.2) is 52.9 Å². The zero-order valence-corrected chi connectivity index (χ0v) is 14.0. The van der Waals surface area contributed by atoms with Crippen LogP contribution in [-0.2, 0) is 9.59 Å². The number of amides is 2. The summed E-state index contributed by atoms with van der Waals surface area (Å²) in [5.74, 6) is 0.0135. The summed E-state index contributed by atoms with van der Waals surface area (Å²) in [5, 5.41) is 4.88. The molecule has 6 N–H and O–H groups in total. The van der Waals surface area contributed by atoms with Gasteiger partial charge in [-0.2, -0.15) is 0 Å². The number of nitrogens with one attached hydrogen (secondary N) is 2. The summed E-state index contributed by atoms with van der Waals surface area (Å²) in [6.07, 6.45) is 11.3. The maximum Gasteiger partial charge on any atom is 0.238 e. The minimum absolute atomic E-state index is 0.0943. The minimum Gasteiger partial charge on any atom is -0.352 e. The molecule has 2 fully saturated rings. The van der Waals surface area contributed by atoms with Gasteiger partial charge in [0, 0.05) is 37.6 Å². The lowest BCUT2D eigenvalue weighted by Gasteiger charge is -2.34. The molecule has 3 heterocycles. The molecule has 8 heteroatoms. The average Bonchev–Trinajstić information content (AvgIpc) is 3.34. The topological polar surface area (TPSA) is 117 Å². The standard InChI is InChI=1S/C17H24N6O2/c18-8-14(19)16(24)21-15-7-13-6-11(15)9-22(13)17(25)10-2-4-23-12(5-10)1-3-20-23/h1-5,10-11,13-15,20H,6-9,18-19H2,(H,21,24)/t10?,11-,13+,14?,15?/m1/s1. The van der Waals surface area contributed by atoms with Crippen LogP contribution in [0.15, 0.2) is 36.3 Å². The van der Waals surface area contributed by atoms with Gasteiger partial charge in [-0.15, -0.1) is 0 Å². The third-order valence-corrected chi connectivity index (χ3v) is 5.57. The molecule has 8 nitrogen and oxygen atoms in total. The molecule has 134 valence electrons. The molecule has 2 bridgehead atoms. The second-order valence-corrected chi connectivity index (χ2v) is 7.12. The lowest BCUT2D eigenvalue weighted by Crippen LogP contribution is -2.53. The monoisotopic (exact) mass is 344 g/mol. The van der Waals surface area contributed by atoms with Crippen LogP contribution in [0.5, 0.6) is 0 Å². The molecule has 25 heavy (non-hydrogen) atoms. The van der Waals surface area contributed by atoms with Gasteiger partial charge in [0.1, 0.15) is 0 Å². The lowest BCUT2D eigenvalue weighted by molar-refractivity contribution is -0.134. The van der Waals surface area contributed by atoms with Crippen LogP contribution in [0.2, 0.25) is 0 Å². The smallest absolute Gasteiger partial charge is 0.238 e. The first-order valence-corrected chi connectivity index (χ1v) is 8.75. The molecular formula is C17H24N6O2. The molecule has 1 aliphatic carbocycles. The van der Waals surface area contributed by atoms with Gasteiger partial charge in [-0.1, -0.05) is 0 Å². The van der Waals surface area contributed by atoms with Crippen molar-refractivity contribution >= 4 is 11.8 Å². The van der Waals surface area contributed by atoms with Gasteiger partial charge in [-0.3, -0.25) is 14.6 Å². The molecule has 0 aromatic heterocycles. The first-order chi connectivity index (χ1) is 12.1. The van der Waals surface area contributed by atoms with Crippen LogP contribution >= 0.6 is 0 Å². The van der Waals surface area contributed by atoms with Crippen molar-refractivity contribution in [1.82, 2.24) is 20.7 Å². The average molecular weight is 344 g/mol. The van der Waals surface area contributed by atoms with Crippen LogP contribution in [0.3, 0.4) is 0 Å². The van der Waals surface area contributed by atoms with Gasteiger partial charge in [-0.05, 0) is 37.0 Å². The van der Waals surface area contributed by atoms with Gasteiger partial charge in [0.25, 0.3) is 0 Å². The van der Waals surface area contributed by atoms with Crippen molar-refractivity contribution in [2.24, 2.45) is 23.3 Å². The highest BCUT2D eigenvalue weighted by Gasteiger charge is 2.48. The van der Waals surface area contributed by atoms with E-state index in [-0.39, 0.29) is 36.4 Å². The van der Waals surface area contributed by atoms with E-state index in [0.29, 0.717) is 12.5 Å². The van der Waals surface area contributed by atoms with Gasteiger partial charge >= 0.3 is 0 Å². The lowest BCUT2D eigenvalue weighted by atomic mass is 9.99. The fraction of sp³-hybridized carbons (Fsp3) is 0.529. The third kappa shape index (κ3) is 2.81. The number of likely N-dealkylation sites (tertiary alicyclic amines) is 1. The quantitative estimate of drug-likeness (QED) is 0.506. The number of nitrogens with two attached hydrogens (primary N) is 2. The Morgan fingerprint density at radius 1 is 1.40 bits per heavy atom. The van der Waals surface area contributed by atoms with Crippen LogP contribution < -0.4 is 22.2 Å². The summed E-state index contributed by atoms with van der Waals surface area (Å²) in [7, 11) is 0. The van der Waals surface area contributed by atoms with E-state index in [1.54, 1.807) is 0 Å². The molecule has 4 aliphatic rings. The van der Waals surface area contributed by atoms with E-state index in [1.807, 2.05) is 40.5 Å². The Morgan fingerprint density at radius 2 is 2.24 bits per heavy atom. The van der Waals surface area contributed by atoms with E-state index in [0.717, 1.165) is 18.5 Å². The third-order valence-electron chi connectivity index (χ3n) is 5.57. The predicted octanol–water partition coefficient (Wildman–Crippen LogP) is -1.26. The van der Waals surface area contributed by atoms with Crippen molar-refractivity contribution in [3.8, 4) is 0 Å². The molecular weight excluding hydrogens is 320 g/mol. The molecule has 0 aromatic rings. The number of piperidine rings is 1. The first-order valence-electron chi connectivity index (χ1n) is 8.75. The Kier molecular flexibility index (Phi) is 4.01. The summed E-state index contributed by atoms with van der Waals surface area (Å²) in [5.41, 5.74) is 15.2. The summed E-state index contributed by atoms with van der Waals surface area (Å²) < 4.78 is 0. The van der Waals surface area contributed by atoms with Crippen molar-refractivity contribution in [2.45, 2.75) is 31.0 Å². The number of hydrogen-bond acceptors (Lipinski definition) is 6. The Balaban J connectivity index is 1.37. The Morgan fingerprint density at radius 3 is 2.96 bits per heavy atom. The van der Waals surface area contributed by atoms with Gasteiger partial charge in [0.15, 0.2) is 0 Å². The number of fused-ring (bicyclic) bond motifs is 3. The maximum absolute atomic E-state index is 12.9. The van der Waals surface area contributed by atoms with Crippen LogP contribution in [0.1, 0.15) is 12.8 Å². The SMILES string of the molecule is NCC(N)C(=O)NC1C[C@@H]2C[C@@H]1CN2C(=O)C1C=CN2NC=CC2=C1. The molecule has 0 radical (unpaired) electrons. The van der Waals surface area contributed by atoms with E-state index in [1.165, 1.54) is 0 Å². The fourth-order valence-corrected chi connectivity index (χ4v) is 4.18. The molecule has 3 unspecified atom stereocenters. The van der Waals surface area contributed by atoms with Crippen LogP contribution in [0, 0.1) is 11.8 Å². The molecule has 0 aromatic carbocycles. The Bertz CT molecular complexity index is 672. The van der Waals surface area contributed by atoms with Crippen molar-refractivity contribution in [3.05, 3.63) is 36.3 Å². The summed E-state index contributed by atoms with van der Waals surface area (Å²) in [4.78, 5) is 26.8. The maximum atomic E-state index is 12.9.